The molecule has 0 aliphatic heterocycles. The lowest BCUT2D eigenvalue weighted by Gasteiger charge is -2.18. The van der Waals surface area contributed by atoms with E-state index in [-0.39, 0.29) is 0 Å². The average molecular weight is 567 g/mol. The van der Waals surface area contributed by atoms with E-state index in [1.54, 1.807) is 6.26 Å². The van der Waals surface area contributed by atoms with Crippen LogP contribution in [-0.4, -0.2) is 0 Å². The van der Waals surface area contributed by atoms with E-state index in [1.807, 2.05) is 23.5 Å². The largest absolute Gasteiger partial charge is 0.464 e. The van der Waals surface area contributed by atoms with Gasteiger partial charge in [0.1, 0.15) is 16.7 Å². The maximum absolute atomic E-state index is 6.38. The highest BCUT2D eigenvalue weighted by molar-refractivity contribution is 7.25. The van der Waals surface area contributed by atoms with E-state index in [0.717, 1.165) is 32.9 Å². The molecule has 0 bridgehead atoms. The van der Waals surface area contributed by atoms with E-state index in [1.165, 1.54) is 64.0 Å². The first-order valence-electron chi connectivity index (χ1n) is 14.5. The molecule has 0 atom stereocenters. The minimum atomic E-state index is 0.841. The van der Waals surface area contributed by atoms with Gasteiger partial charge in [-0.15, -0.1) is 11.3 Å². The first kappa shape index (κ1) is 23.2. The fourth-order valence-corrected chi connectivity index (χ4v) is 8.28. The molecule has 3 aromatic heterocycles. The molecule has 0 amide bonds. The van der Waals surface area contributed by atoms with Crippen molar-refractivity contribution >= 4 is 86.0 Å². The summed E-state index contributed by atoms with van der Waals surface area (Å²) in [5.41, 5.74) is 7.61. The molecule has 0 radical (unpaired) electrons. The number of rotatable bonds is 2. The lowest BCUT2D eigenvalue weighted by Crippen LogP contribution is -1.91. The maximum atomic E-state index is 6.38. The Bertz CT molecular complexity index is 2680. The molecule has 0 saturated heterocycles. The summed E-state index contributed by atoms with van der Waals surface area (Å²) in [4.78, 5) is 0. The van der Waals surface area contributed by atoms with Crippen molar-refractivity contribution < 1.29 is 8.83 Å². The van der Waals surface area contributed by atoms with Gasteiger partial charge in [-0.2, -0.15) is 0 Å². The summed E-state index contributed by atoms with van der Waals surface area (Å²) in [5.74, 6) is 0. The third-order valence-electron chi connectivity index (χ3n) is 8.96. The predicted octanol–water partition coefficient (Wildman–Crippen LogP) is 12.3. The van der Waals surface area contributed by atoms with Gasteiger partial charge in [0, 0.05) is 30.9 Å². The van der Waals surface area contributed by atoms with Crippen LogP contribution in [0.3, 0.4) is 0 Å². The molecule has 200 valence electrons. The highest BCUT2D eigenvalue weighted by Crippen LogP contribution is 2.48. The van der Waals surface area contributed by atoms with Gasteiger partial charge in [-0.3, -0.25) is 0 Å². The quantitative estimate of drug-likeness (QED) is 0.195. The van der Waals surface area contributed by atoms with Crippen LogP contribution in [-0.2, 0) is 0 Å². The van der Waals surface area contributed by atoms with Gasteiger partial charge in [0.2, 0.25) is 0 Å². The Morgan fingerprint density at radius 3 is 1.91 bits per heavy atom. The monoisotopic (exact) mass is 566 g/mol. The van der Waals surface area contributed by atoms with E-state index in [0.29, 0.717) is 0 Å². The lowest BCUT2D eigenvalue weighted by atomic mass is 9.85. The molecule has 0 N–H and O–H groups in total. The van der Waals surface area contributed by atoms with E-state index >= 15 is 0 Å². The number of fused-ring (bicyclic) bond motifs is 10. The van der Waals surface area contributed by atoms with Crippen molar-refractivity contribution in [1.29, 1.82) is 0 Å². The molecule has 3 heterocycles. The summed E-state index contributed by atoms with van der Waals surface area (Å²) >= 11 is 1.87. The summed E-state index contributed by atoms with van der Waals surface area (Å²) in [6.07, 6.45) is 1.72. The molecule has 0 saturated carbocycles. The predicted molar refractivity (Wildman–Crippen MR) is 182 cm³/mol. The van der Waals surface area contributed by atoms with Crippen LogP contribution in [0, 0.1) is 0 Å². The van der Waals surface area contributed by atoms with Crippen molar-refractivity contribution in [1.82, 2.24) is 0 Å². The maximum Gasteiger partial charge on any atom is 0.146 e. The van der Waals surface area contributed by atoms with Crippen LogP contribution in [0.25, 0.3) is 96.9 Å². The molecule has 0 unspecified atom stereocenters. The van der Waals surface area contributed by atoms with Crippen LogP contribution in [0.5, 0.6) is 0 Å². The van der Waals surface area contributed by atoms with Crippen molar-refractivity contribution in [3.63, 3.8) is 0 Å². The highest BCUT2D eigenvalue weighted by Gasteiger charge is 2.20. The van der Waals surface area contributed by atoms with Gasteiger partial charge in [0.25, 0.3) is 0 Å². The smallest absolute Gasteiger partial charge is 0.146 e. The molecule has 43 heavy (non-hydrogen) atoms. The van der Waals surface area contributed by atoms with Crippen molar-refractivity contribution in [3.05, 3.63) is 134 Å². The van der Waals surface area contributed by atoms with Gasteiger partial charge in [0.05, 0.1) is 11.6 Å². The minimum Gasteiger partial charge on any atom is -0.464 e. The first-order valence-corrected chi connectivity index (χ1v) is 15.3. The van der Waals surface area contributed by atoms with Gasteiger partial charge in [-0.1, -0.05) is 84.9 Å². The van der Waals surface area contributed by atoms with Crippen LogP contribution in [0.1, 0.15) is 0 Å². The molecule has 0 aliphatic rings. The Hall–Kier alpha value is -5.38. The number of benzene rings is 7. The second kappa shape index (κ2) is 8.57. The van der Waals surface area contributed by atoms with Crippen molar-refractivity contribution in [3.8, 4) is 22.3 Å². The molecule has 2 nitrogen and oxygen atoms in total. The summed E-state index contributed by atoms with van der Waals surface area (Å²) in [5, 5.41) is 10.9. The molecule has 7 aromatic carbocycles. The number of thiophene rings is 1. The number of hydrogen-bond donors (Lipinski definition) is 0. The van der Waals surface area contributed by atoms with Gasteiger partial charge >= 0.3 is 0 Å². The summed E-state index contributed by atoms with van der Waals surface area (Å²) in [6.45, 7) is 0. The zero-order chi connectivity index (χ0) is 28.1. The zero-order valence-electron chi connectivity index (χ0n) is 22.9. The Balaban J connectivity index is 1.33. The second-order valence-electron chi connectivity index (χ2n) is 11.2. The standard InChI is InChI=1S/C40H22O2S/c1-3-10-26-24(8-1)37(23-16-18-34-32(22-23)28-17-19-33-29(20-21-41-33)40(28)42-34)25-9-2-4-11-27(25)38(26)31-13-7-15-36-39(31)30-12-5-6-14-35(30)43-36/h1-22H. The van der Waals surface area contributed by atoms with E-state index in [4.69, 9.17) is 8.83 Å². The molecule has 10 aromatic rings. The first-order chi connectivity index (χ1) is 21.3. The summed E-state index contributed by atoms with van der Waals surface area (Å²) < 4.78 is 14.7. The van der Waals surface area contributed by atoms with E-state index < -0.39 is 0 Å². The van der Waals surface area contributed by atoms with Crippen molar-refractivity contribution in [2.45, 2.75) is 0 Å². The summed E-state index contributed by atoms with van der Waals surface area (Å²) in [7, 11) is 0. The summed E-state index contributed by atoms with van der Waals surface area (Å²) in [6, 6.07) is 46.1. The van der Waals surface area contributed by atoms with Gasteiger partial charge < -0.3 is 8.83 Å². The SMILES string of the molecule is c1ccc2c(c1)sc1cccc(-c3c4ccccc4c(-c4ccc5oc6c7ccoc7ccc6c5c4)c4ccccc34)c12. The third-order valence-corrected chi connectivity index (χ3v) is 10.1. The Morgan fingerprint density at radius 1 is 0.442 bits per heavy atom. The molecule has 3 heteroatoms. The highest BCUT2D eigenvalue weighted by atomic mass is 32.1. The Labute approximate surface area is 250 Å². The molecular weight excluding hydrogens is 545 g/mol. The fourth-order valence-electron chi connectivity index (χ4n) is 7.15. The second-order valence-corrected chi connectivity index (χ2v) is 12.3. The van der Waals surface area contributed by atoms with Crippen LogP contribution >= 0.6 is 11.3 Å². The molecule has 0 spiro atoms. The Kier molecular flexibility index (Phi) is 4.63. The van der Waals surface area contributed by atoms with Crippen LogP contribution in [0.15, 0.2) is 142 Å². The minimum absolute atomic E-state index is 0.841. The lowest BCUT2D eigenvalue weighted by molar-refractivity contribution is 0.615. The molecule has 0 fully saturated rings. The van der Waals surface area contributed by atoms with Gasteiger partial charge in [-0.25, -0.2) is 0 Å². The Morgan fingerprint density at radius 2 is 1.12 bits per heavy atom. The average Bonchev–Trinajstić information content (AvgIpc) is 3.78. The number of hydrogen-bond acceptors (Lipinski definition) is 3. The van der Waals surface area contributed by atoms with Crippen molar-refractivity contribution in [2.75, 3.05) is 0 Å². The van der Waals surface area contributed by atoms with Crippen molar-refractivity contribution in [2.24, 2.45) is 0 Å². The van der Waals surface area contributed by atoms with Crippen LogP contribution in [0.4, 0.5) is 0 Å². The molecule has 10 rings (SSSR count). The topological polar surface area (TPSA) is 26.3 Å². The molecular formula is C40H22O2S. The van der Waals surface area contributed by atoms with E-state index in [9.17, 15) is 0 Å². The van der Waals surface area contributed by atoms with Gasteiger partial charge in [-0.05, 0) is 86.3 Å². The normalized spacial score (nSPS) is 12.2. The van der Waals surface area contributed by atoms with E-state index in [2.05, 4.69) is 115 Å². The molecule has 0 aliphatic carbocycles. The third kappa shape index (κ3) is 3.17. The zero-order valence-corrected chi connectivity index (χ0v) is 23.7. The van der Waals surface area contributed by atoms with Crippen LogP contribution < -0.4 is 0 Å². The fraction of sp³-hybridized carbons (Fsp3) is 0. The van der Waals surface area contributed by atoms with Gasteiger partial charge in [0.15, 0.2) is 0 Å². The number of furan rings is 2. The van der Waals surface area contributed by atoms with Crippen LogP contribution in [0.2, 0.25) is 0 Å².